The van der Waals surface area contributed by atoms with E-state index >= 15 is 0 Å². The quantitative estimate of drug-likeness (QED) is 0.833. The predicted octanol–water partition coefficient (Wildman–Crippen LogP) is 3.73. The Hall–Kier alpha value is -1.79. The molecule has 1 aliphatic carbocycles. The lowest BCUT2D eigenvalue weighted by Gasteiger charge is -2.26. The molecule has 6 heteroatoms. The minimum Gasteiger partial charge on any atom is -0.347 e. The first-order valence-electron chi connectivity index (χ1n) is 9.71. The molecule has 0 aromatic carbocycles. The third-order valence-corrected chi connectivity index (χ3v) is 6.38. The summed E-state index contributed by atoms with van der Waals surface area (Å²) in [6.07, 6.45) is 10.9. The lowest BCUT2D eigenvalue weighted by atomic mass is 10.1. The van der Waals surface area contributed by atoms with E-state index in [1.54, 1.807) is 6.20 Å². The Morgan fingerprint density at radius 2 is 2.00 bits per heavy atom. The fourth-order valence-corrected chi connectivity index (χ4v) is 4.88. The van der Waals surface area contributed by atoms with Crippen molar-refractivity contribution < 1.29 is 4.79 Å². The Bertz CT molecular complexity index is 724. The van der Waals surface area contributed by atoms with Gasteiger partial charge in [0.05, 0.1) is 5.69 Å². The third kappa shape index (κ3) is 4.13. The summed E-state index contributed by atoms with van der Waals surface area (Å²) in [5.41, 5.74) is 1.32. The van der Waals surface area contributed by atoms with Gasteiger partial charge < -0.3 is 5.32 Å². The number of rotatable bonds is 4. The number of hydrogen-bond donors (Lipinski definition) is 1. The Kier molecular flexibility index (Phi) is 5.60. The molecule has 0 spiro atoms. The van der Waals surface area contributed by atoms with Gasteiger partial charge in [0, 0.05) is 36.8 Å². The number of nitrogens with zero attached hydrogens (tertiary/aromatic N) is 3. The second-order valence-electron chi connectivity index (χ2n) is 7.35. The molecule has 1 saturated carbocycles. The van der Waals surface area contributed by atoms with Crippen LogP contribution in [-0.4, -0.2) is 45.9 Å². The van der Waals surface area contributed by atoms with Crippen LogP contribution in [0.4, 0.5) is 0 Å². The van der Waals surface area contributed by atoms with Crippen molar-refractivity contribution >= 4 is 17.2 Å². The van der Waals surface area contributed by atoms with Crippen molar-refractivity contribution in [1.29, 1.82) is 0 Å². The molecule has 26 heavy (non-hydrogen) atoms. The number of likely N-dealkylation sites (tertiary alicyclic amines) is 1. The Morgan fingerprint density at radius 1 is 1.15 bits per heavy atom. The molecule has 4 rings (SSSR count). The van der Waals surface area contributed by atoms with Crippen LogP contribution < -0.4 is 5.32 Å². The lowest BCUT2D eigenvalue weighted by Crippen LogP contribution is -2.39. The maximum atomic E-state index is 12.6. The molecule has 2 aromatic rings. The molecule has 5 nitrogen and oxygen atoms in total. The van der Waals surface area contributed by atoms with Crippen molar-refractivity contribution in [3.63, 3.8) is 0 Å². The van der Waals surface area contributed by atoms with Crippen LogP contribution >= 0.6 is 11.3 Å². The number of carbonyl (C=O) groups is 1. The summed E-state index contributed by atoms with van der Waals surface area (Å²) < 4.78 is 0. The predicted molar refractivity (Wildman–Crippen MR) is 104 cm³/mol. The van der Waals surface area contributed by atoms with E-state index in [9.17, 15) is 4.79 Å². The van der Waals surface area contributed by atoms with E-state index in [2.05, 4.69) is 20.2 Å². The number of amides is 1. The second-order valence-corrected chi connectivity index (χ2v) is 8.21. The smallest absolute Gasteiger partial charge is 0.271 e. The number of thiazole rings is 1. The zero-order valence-electron chi connectivity index (χ0n) is 15.1. The van der Waals surface area contributed by atoms with E-state index in [4.69, 9.17) is 0 Å². The normalized spacial score (nSPS) is 22.2. The molecule has 1 aliphatic heterocycles. The van der Waals surface area contributed by atoms with Crippen molar-refractivity contribution in [1.82, 2.24) is 20.2 Å². The minimum absolute atomic E-state index is 0.0591. The molecular formula is C20H26N4OS. The van der Waals surface area contributed by atoms with Gasteiger partial charge in [0.25, 0.3) is 5.91 Å². The minimum atomic E-state index is -0.0591. The maximum absolute atomic E-state index is 12.6. The average molecular weight is 371 g/mol. The first-order valence-corrected chi connectivity index (χ1v) is 10.6. The van der Waals surface area contributed by atoms with E-state index in [0.717, 1.165) is 36.3 Å². The first-order chi connectivity index (χ1) is 12.8. The Balaban J connectivity index is 1.33. The van der Waals surface area contributed by atoms with Crippen molar-refractivity contribution in [3.8, 4) is 10.7 Å². The molecule has 0 bridgehead atoms. The first kappa shape index (κ1) is 17.6. The van der Waals surface area contributed by atoms with Crippen LogP contribution in [-0.2, 0) is 0 Å². The number of hydrogen-bond acceptors (Lipinski definition) is 5. The number of aromatic nitrogens is 2. The van der Waals surface area contributed by atoms with E-state index in [1.807, 2.05) is 23.6 Å². The zero-order valence-corrected chi connectivity index (χ0v) is 15.9. The van der Waals surface area contributed by atoms with Gasteiger partial charge in [0.15, 0.2) is 0 Å². The number of nitrogens with one attached hydrogen (secondary N) is 1. The largest absolute Gasteiger partial charge is 0.347 e. The molecule has 1 N–H and O–H groups in total. The molecule has 2 aromatic heterocycles. The lowest BCUT2D eigenvalue weighted by molar-refractivity contribution is 0.0931. The van der Waals surface area contributed by atoms with E-state index < -0.39 is 0 Å². The van der Waals surface area contributed by atoms with Crippen LogP contribution in [0, 0.1) is 0 Å². The van der Waals surface area contributed by atoms with Gasteiger partial charge in [-0.1, -0.05) is 31.7 Å². The molecule has 2 fully saturated rings. The summed E-state index contributed by atoms with van der Waals surface area (Å²) in [7, 11) is 0. The highest BCUT2D eigenvalue weighted by Gasteiger charge is 2.29. The molecular weight excluding hydrogens is 344 g/mol. The molecule has 138 valence electrons. The standard InChI is InChI=1S/C20H26N4OS/c25-19(18-14-26-20(23-18)17-9-5-6-11-21-17)22-15-10-12-24(13-15)16-7-3-1-2-4-8-16/h5-6,9,11,14-16H,1-4,7-8,10,12-13H2,(H,22,25)/t15-/m1/s1. The van der Waals surface area contributed by atoms with Crippen LogP contribution in [0.5, 0.6) is 0 Å². The summed E-state index contributed by atoms with van der Waals surface area (Å²) in [5, 5.41) is 5.81. The Morgan fingerprint density at radius 3 is 2.77 bits per heavy atom. The molecule has 0 unspecified atom stereocenters. The number of carbonyl (C=O) groups excluding carboxylic acids is 1. The van der Waals surface area contributed by atoms with Gasteiger partial charge in [-0.3, -0.25) is 14.7 Å². The topological polar surface area (TPSA) is 58.1 Å². The molecule has 1 amide bonds. The van der Waals surface area contributed by atoms with Gasteiger partial charge in [-0.25, -0.2) is 4.98 Å². The summed E-state index contributed by atoms with van der Waals surface area (Å²) in [6.45, 7) is 2.08. The van der Waals surface area contributed by atoms with Crippen LogP contribution in [0.3, 0.4) is 0 Å². The monoisotopic (exact) mass is 370 g/mol. The van der Waals surface area contributed by atoms with Crippen LogP contribution in [0.1, 0.15) is 55.4 Å². The maximum Gasteiger partial charge on any atom is 0.271 e. The van der Waals surface area contributed by atoms with Crippen molar-refractivity contribution in [2.45, 2.75) is 57.0 Å². The van der Waals surface area contributed by atoms with Crippen molar-refractivity contribution in [2.75, 3.05) is 13.1 Å². The van der Waals surface area contributed by atoms with Gasteiger partial charge in [-0.05, 0) is 31.4 Å². The average Bonchev–Trinajstić information content (AvgIpc) is 3.26. The molecule has 1 saturated heterocycles. The molecule has 2 aliphatic rings. The van der Waals surface area contributed by atoms with E-state index in [0.29, 0.717) is 5.69 Å². The Labute approximate surface area is 158 Å². The van der Waals surface area contributed by atoms with Crippen LogP contribution in [0.15, 0.2) is 29.8 Å². The fourth-order valence-electron chi connectivity index (χ4n) is 4.10. The highest BCUT2D eigenvalue weighted by atomic mass is 32.1. The third-order valence-electron chi connectivity index (χ3n) is 5.52. The molecule has 3 heterocycles. The van der Waals surface area contributed by atoms with E-state index in [-0.39, 0.29) is 11.9 Å². The summed E-state index contributed by atoms with van der Waals surface area (Å²) in [6, 6.07) is 6.69. The highest BCUT2D eigenvalue weighted by Crippen LogP contribution is 2.25. The highest BCUT2D eigenvalue weighted by molar-refractivity contribution is 7.13. The summed E-state index contributed by atoms with van der Waals surface area (Å²) in [4.78, 5) is 23.9. The summed E-state index contributed by atoms with van der Waals surface area (Å²) in [5.74, 6) is -0.0591. The van der Waals surface area contributed by atoms with Crippen LogP contribution in [0.25, 0.3) is 10.7 Å². The van der Waals surface area contributed by atoms with E-state index in [1.165, 1.54) is 49.9 Å². The van der Waals surface area contributed by atoms with Gasteiger partial charge in [-0.2, -0.15) is 0 Å². The molecule has 1 atom stereocenters. The van der Waals surface area contributed by atoms with Crippen LogP contribution in [0.2, 0.25) is 0 Å². The van der Waals surface area contributed by atoms with Gasteiger partial charge >= 0.3 is 0 Å². The fraction of sp³-hybridized carbons (Fsp3) is 0.550. The van der Waals surface area contributed by atoms with Crippen molar-refractivity contribution in [2.24, 2.45) is 0 Å². The zero-order chi connectivity index (χ0) is 17.8. The molecule has 0 radical (unpaired) electrons. The second kappa shape index (κ2) is 8.27. The number of pyridine rings is 1. The van der Waals surface area contributed by atoms with Gasteiger partial charge in [-0.15, -0.1) is 11.3 Å². The van der Waals surface area contributed by atoms with Gasteiger partial charge in [0.2, 0.25) is 0 Å². The summed E-state index contributed by atoms with van der Waals surface area (Å²) >= 11 is 1.47. The van der Waals surface area contributed by atoms with Crippen molar-refractivity contribution in [3.05, 3.63) is 35.5 Å². The van der Waals surface area contributed by atoms with Gasteiger partial charge in [0.1, 0.15) is 10.7 Å². The SMILES string of the molecule is O=C(N[C@@H]1CCN(C2CCCCCC2)C1)c1csc(-c2ccccn2)n1.